The van der Waals surface area contributed by atoms with Gasteiger partial charge in [-0.3, -0.25) is 0 Å². The molecule has 3 rings (SSSR count). The number of rotatable bonds is 2. The number of aryl methyl sites for hydroxylation is 1. The quantitative estimate of drug-likeness (QED) is 0.894. The number of hydrogen-bond donors (Lipinski definition) is 1. The van der Waals surface area contributed by atoms with Crippen LogP contribution in [0.25, 0.3) is 0 Å². The van der Waals surface area contributed by atoms with Gasteiger partial charge in [0.15, 0.2) is 0 Å². The van der Waals surface area contributed by atoms with Crippen molar-refractivity contribution < 1.29 is 9.84 Å². The van der Waals surface area contributed by atoms with Crippen molar-refractivity contribution >= 4 is 11.3 Å². The van der Waals surface area contributed by atoms with E-state index < -0.39 is 0 Å². The van der Waals surface area contributed by atoms with Gasteiger partial charge in [-0.05, 0) is 32.1 Å². The topological polar surface area (TPSA) is 42.4 Å². The summed E-state index contributed by atoms with van der Waals surface area (Å²) in [4.78, 5) is 6.03. The highest BCUT2D eigenvalue weighted by molar-refractivity contribution is 7.11. The lowest BCUT2D eigenvalue weighted by Gasteiger charge is -2.34. The van der Waals surface area contributed by atoms with Crippen molar-refractivity contribution in [3.05, 3.63) is 15.6 Å². The fourth-order valence-electron chi connectivity index (χ4n) is 3.22. The molecule has 1 N–H and O–H groups in total. The summed E-state index contributed by atoms with van der Waals surface area (Å²) in [6.07, 6.45) is 8.56. The molecule has 0 saturated heterocycles. The molecule has 1 fully saturated rings. The molecule has 1 heterocycles. The number of nitrogens with zero attached hydrogens (tertiary/aromatic N) is 1. The second-order valence-corrected chi connectivity index (χ2v) is 6.58. The lowest BCUT2D eigenvalue weighted by Crippen LogP contribution is -2.31. The minimum absolute atomic E-state index is 0.167. The van der Waals surface area contributed by atoms with Crippen molar-refractivity contribution in [2.45, 2.75) is 63.1 Å². The third-order valence-electron chi connectivity index (χ3n) is 4.37. The molecule has 1 saturated carbocycles. The number of aliphatic hydroxyl groups is 1. The zero-order valence-electron chi connectivity index (χ0n) is 10.9. The van der Waals surface area contributed by atoms with Crippen molar-refractivity contribution in [1.82, 2.24) is 4.98 Å². The van der Waals surface area contributed by atoms with Gasteiger partial charge in [0, 0.05) is 12.0 Å². The highest BCUT2D eigenvalue weighted by atomic mass is 32.1. The van der Waals surface area contributed by atoms with Crippen molar-refractivity contribution in [1.29, 1.82) is 0 Å². The zero-order chi connectivity index (χ0) is 12.6. The van der Waals surface area contributed by atoms with E-state index in [-0.39, 0.29) is 11.7 Å². The molecule has 100 valence electrons. The standard InChI is InChI=1S/C14H21NO2S/c1-17-14(8-3-2-4-9-14)13-15-12-10(16)6-5-7-11(12)18-13/h10,16H,2-9H2,1H3. The molecular weight excluding hydrogens is 246 g/mol. The zero-order valence-corrected chi connectivity index (χ0v) is 11.8. The number of hydrogen-bond acceptors (Lipinski definition) is 4. The molecule has 2 aliphatic carbocycles. The van der Waals surface area contributed by atoms with Crippen LogP contribution in [0.1, 0.15) is 66.6 Å². The van der Waals surface area contributed by atoms with Crippen LogP contribution >= 0.6 is 11.3 Å². The molecule has 18 heavy (non-hydrogen) atoms. The van der Waals surface area contributed by atoms with Crippen LogP contribution in [-0.2, 0) is 16.8 Å². The van der Waals surface area contributed by atoms with E-state index in [1.54, 1.807) is 11.3 Å². The number of ether oxygens (including phenoxy) is 1. The molecular formula is C14H21NO2S. The summed E-state index contributed by atoms with van der Waals surface area (Å²) < 4.78 is 5.84. The van der Waals surface area contributed by atoms with Gasteiger partial charge in [-0.15, -0.1) is 11.3 Å². The van der Waals surface area contributed by atoms with Crippen LogP contribution in [0.3, 0.4) is 0 Å². The molecule has 0 aliphatic heterocycles. The lowest BCUT2D eigenvalue weighted by molar-refractivity contribution is -0.0449. The average Bonchev–Trinajstić information content (AvgIpc) is 2.85. The predicted octanol–water partition coefficient (Wildman–Crippen LogP) is 3.32. The van der Waals surface area contributed by atoms with E-state index in [0.29, 0.717) is 0 Å². The Morgan fingerprint density at radius 2 is 2.06 bits per heavy atom. The highest BCUT2D eigenvalue weighted by Crippen LogP contribution is 2.44. The number of aromatic nitrogens is 1. The van der Waals surface area contributed by atoms with Crippen LogP contribution in [0, 0.1) is 0 Å². The van der Waals surface area contributed by atoms with Crippen molar-refractivity contribution in [2.24, 2.45) is 0 Å². The van der Waals surface area contributed by atoms with E-state index in [9.17, 15) is 5.11 Å². The van der Waals surface area contributed by atoms with E-state index in [1.807, 2.05) is 7.11 Å². The lowest BCUT2D eigenvalue weighted by atomic mass is 9.85. The molecule has 1 aromatic heterocycles. The molecule has 3 nitrogen and oxygen atoms in total. The fraction of sp³-hybridized carbons (Fsp3) is 0.786. The molecule has 1 atom stereocenters. The largest absolute Gasteiger partial charge is 0.387 e. The van der Waals surface area contributed by atoms with Crippen molar-refractivity contribution in [3.8, 4) is 0 Å². The van der Waals surface area contributed by atoms with Gasteiger partial charge in [-0.25, -0.2) is 4.98 Å². The molecule has 2 aliphatic rings. The van der Waals surface area contributed by atoms with Crippen LogP contribution in [-0.4, -0.2) is 17.2 Å². The highest BCUT2D eigenvalue weighted by Gasteiger charge is 2.38. The molecule has 0 aromatic carbocycles. The predicted molar refractivity (Wildman–Crippen MR) is 71.8 cm³/mol. The maximum absolute atomic E-state index is 10.0. The fourth-order valence-corrected chi connectivity index (χ4v) is 4.60. The summed E-state index contributed by atoms with van der Waals surface area (Å²) in [5, 5.41) is 11.1. The van der Waals surface area contributed by atoms with Gasteiger partial charge in [0.05, 0.1) is 11.8 Å². The minimum Gasteiger partial charge on any atom is -0.387 e. The minimum atomic E-state index is -0.351. The first kappa shape index (κ1) is 12.6. The second kappa shape index (κ2) is 4.91. The first-order chi connectivity index (χ1) is 8.75. The summed E-state index contributed by atoms with van der Waals surface area (Å²) in [7, 11) is 1.81. The Balaban J connectivity index is 1.95. The third kappa shape index (κ3) is 2.00. The Morgan fingerprint density at radius 1 is 1.28 bits per heavy atom. The van der Waals surface area contributed by atoms with Gasteiger partial charge >= 0.3 is 0 Å². The van der Waals surface area contributed by atoms with E-state index in [0.717, 1.165) is 42.8 Å². The van der Waals surface area contributed by atoms with Crippen molar-refractivity contribution in [2.75, 3.05) is 7.11 Å². The van der Waals surface area contributed by atoms with Crippen LogP contribution < -0.4 is 0 Å². The van der Waals surface area contributed by atoms with Gasteiger partial charge < -0.3 is 9.84 Å². The molecule has 4 heteroatoms. The van der Waals surface area contributed by atoms with Gasteiger partial charge in [0.1, 0.15) is 10.6 Å². The Labute approximate surface area is 112 Å². The number of thiazole rings is 1. The maximum atomic E-state index is 10.0. The monoisotopic (exact) mass is 267 g/mol. The van der Waals surface area contributed by atoms with Crippen LogP contribution in [0.5, 0.6) is 0 Å². The normalized spacial score (nSPS) is 26.9. The SMILES string of the molecule is COC1(c2nc3c(s2)CCCC3O)CCCCC1. The number of aliphatic hydroxyl groups excluding tert-OH is 1. The molecule has 0 amide bonds. The summed E-state index contributed by atoms with van der Waals surface area (Å²) >= 11 is 1.77. The Hall–Kier alpha value is -0.450. The third-order valence-corrected chi connectivity index (χ3v) is 5.68. The smallest absolute Gasteiger partial charge is 0.125 e. The summed E-state index contributed by atoms with van der Waals surface area (Å²) in [5.41, 5.74) is 0.767. The van der Waals surface area contributed by atoms with Crippen molar-refractivity contribution in [3.63, 3.8) is 0 Å². The Bertz CT molecular complexity index is 423. The van der Waals surface area contributed by atoms with E-state index in [1.165, 1.54) is 24.1 Å². The molecule has 1 aromatic rings. The second-order valence-electron chi connectivity index (χ2n) is 5.49. The molecule has 0 spiro atoms. The molecule has 0 bridgehead atoms. The Kier molecular flexibility index (Phi) is 3.43. The van der Waals surface area contributed by atoms with E-state index in [2.05, 4.69) is 0 Å². The van der Waals surface area contributed by atoms with E-state index in [4.69, 9.17) is 9.72 Å². The first-order valence-electron chi connectivity index (χ1n) is 6.98. The number of fused-ring (bicyclic) bond motifs is 1. The van der Waals surface area contributed by atoms with E-state index >= 15 is 0 Å². The molecule has 0 radical (unpaired) electrons. The van der Waals surface area contributed by atoms with Crippen LogP contribution in [0.2, 0.25) is 0 Å². The molecule has 1 unspecified atom stereocenters. The van der Waals surface area contributed by atoms with Gasteiger partial charge in [-0.1, -0.05) is 19.3 Å². The maximum Gasteiger partial charge on any atom is 0.125 e. The first-order valence-corrected chi connectivity index (χ1v) is 7.80. The Morgan fingerprint density at radius 3 is 2.72 bits per heavy atom. The summed E-state index contributed by atoms with van der Waals surface area (Å²) in [6, 6.07) is 0. The number of methoxy groups -OCH3 is 1. The van der Waals surface area contributed by atoms with Gasteiger partial charge in [0.25, 0.3) is 0 Å². The van der Waals surface area contributed by atoms with Gasteiger partial charge in [0.2, 0.25) is 0 Å². The summed E-state index contributed by atoms with van der Waals surface area (Å²) in [5.74, 6) is 0. The van der Waals surface area contributed by atoms with Crippen LogP contribution in [0.4, 0.5) is 0 Å². The summed E-state index contributed by atoms with van der Waals surface area (Å²) in [6.45, 7) is 0. The average molecular weight is 267 g/mol. The van der Waals surface area contributed by atoms with Crippen LogP contribution in [0.15, 0.2) is 0 Å². The van der Waals surface area contributed by atoms with Gasteiger partial charge in [-0.2, -0.15) is 0 Å².